The summed E-state index contributed by atoms with van der Waals surface area (Å²) in [6.07, 6.45) is 2.91. The monoisotopic (exact) mass is 193 g/mol. The summed E-state index contributed by atoms with van der Waals surface area (Å²) in [6, 6.07) is 0. The number of H-pyrrole nitrogens is 1. The summed E-state index contributed by atoms with van der Waals surface area (Å²) in [6.45, 7) is 3.57. The van der Waals surface area contributed by atoms with Crippen molar-refractivity contribution < 1.29 is 0 Å². The van der Waals surface area contributed by atoms with Gasteiger partial charge in [-0.25, -0.2) is 4.98 Å². The molecule has 0 saturated heterocycles. The SMILES string of the molecule is CCNCc1nc2c(c(=O)[nH]1)CCC2. The van der Waals surface area contributed by atoms with Crippen LogP contribution in [0.25, 0.3) is 0 Å². The number of aryl methyl sites for hydroxylation is 1. The third-order valence-electron chi connectivity index (χ3n) is 2.53. The summed E-state index contributed by atoms with van der Waals surface area (Å²) in [5.74, 6) is 0.762. The average Bonchev–Trinajstić information content (AvgIpc) is 2.63. The molecule has 0 amide bonds. The van der Waals surface area contributed by atoms with Gasteiger partial charge in [0, 0.05) is 5.56 Å². The lowest BCUT2D eigenvalue weighted by Crippen LogP contribution is -2.21. The Morgan fingerprint density at radius 3 is 3.14 bits per heavy atom. The summed E-state index contributed by atoms with van der Waals surface area (Å²) in [5.41, 5.74) is 1.95. The Labute approximate surface area is 82.8 Å². The van der Waals surface area contributed by atoms with E-state index in [4.69, 9.17) is 0 Å². The number of nitrogens with one attached hydrogen (secondary N) is 2. The topological polar surface area (TPSA) is 57.8 Å². The highest BCUT2D eigenvalue weighted by Crippen LogP contribution is 2.15. The van der Waals surface area contributed by atoms with Gasteiger partial charge in [0.25, 0.3) is 5.56 Å². The molecule has 0 bridgehead atoms. The molecule has 1 aliphatic rings. The maximum atomic E-state index is 11.6. The van der Waals surface area contributed by atoms with E-state index in [2.05, 4.69) is 15.3 Å². The van der Waals surface area contributed by atoms with Crippen molar-refractivity contribution in [1.82, 2.24) is 15.3 Å². The summed E-state index contributed by atoms with van der Waals surface area (Å²) in [7, 11) is 0. The molecule has 76 valence electrons. The molecule has 1 aromatic rings. The molecule has 0 aromatic carbocycles. The van der Waals surface area contributed by atoms with Crippen LogP contribution in [-0.4, -0.2) is 16.5 Å². The lowest BCUT2D eigenvalue weighted by Gasteiger charge is -2.03. The van der Waals surface area contributed by atoms with Crippen molar-refractivity contribution in [2.24, 2.45) is 0 Å². The van der Waals surface area contributed by atoms with E-state index in [0.717, 1.165) is 42.9 Å². The van der Waals surface area contributed by atoms with Gasteiger partial charge in [0.05, 0.1) is 12.2 Å². The van der Waals surface area contributed by atoms with Crippen LogP contribution in [0.4, 0.5) is 0 Å². The van der Waals surface area contributed by atoms with Crippen molar-refractivity contribution in [2.45, 2.75) is 32.7 Å². The largest absolute Gasteiger partial charge is 0.310 e. The van der Waals surface area contributed by atoms with Gasteiger partial charge in [-0.2, -0.15) is 0 Å². The smallest absolute Gasteiger partial charge is 0.254 e. The Bertz CT molecular complexity index is 383. The Kier molecular flexibility index (Phi) is 2.63. The Hall–Kier alpha value is -1.16. The van der Waals surface area contributed by atoms with E-state index in [1.54, 1.807) is 0 Å². The van der Waals surface area contributed by atoms with Gasteiger partial charge in [-0.15, -0.1) is 0 Å². The molecule has 0 radical (unpaired) electrons. The van der Waals surface area contributed by atoms with E-state index >= 15 is 0 Å². The summed E-state index contributed by atoms with van der Waals surface area (Å²) in [5, 5.41) is 3.15. The van der Waals surface area contributed by atoms with Gasteiger partial charge < -0.3 is 10.3 Å². The Balaban J connectivity index is 2.28. The highest BCUT2D eigenvalue weighted by Gasteiger charge is 2.16. The fourth-order valence-electron chi connectivity index (χ4n) is 1.82. The zero-order valence-electron chi connectivity index (χ0n) is 8.39. The second kappa shape index (κ2) is 3.92. The van der Waals surface area contributed by atoms with Gasteiger partial charge in [-0.1, -0.05) is 6.92 Å². The first-order valence-corrected chi connectivity index (χ1v) is 5.13. The van der Waals surface area contributed by atoms with E-state index in [1.165, 1.54) is 0 Å². The van der Waals surface area contributed by atoms with E-state index < -0.39 is 0 Å². The molecule has 0 aliphatic heterocycles. The molecular formula is C10H15N3O. The Morgan fingerprint density at radius 2 is 2.36 bits per heavy atom. The van der Waals surface area contributed by atoms with Crippen LogP contribution >= 0.6 is 0 Å². The third kappa shape index (κ3) is 1.70. The van der Waals surface area contributed by atoms with Crippen molar-refractivity contribution in [3.63, 3.8) is 0 Å². The third-order valence-corrected chi connectivity index (χ3v) is 2.53. The predicted octanol–water partition coefficient (Wildman–Crippen LogP) is 0.368. The van der Waals surface area contributed by atoms with Gasteiger partial charge in [0.1, 0.15) is 5.82 Å². The van der Waals surface area contributed by atoms with Crippen molar-refractivity contribution >= 4 is 0 Å². The number of aromatic nitrogens is 2. The predicted molar refractivity (Wildman–Crippen MR) is 54.3 cm³/mol. The molecule has 14 heavy (non-hydrogen) atoms. The highest BCUT2D eigenvalue weighted by atomic mass is 16.1. The van der Waals surface area contributed by atoms with Gasteiger partial charge in [-0.3, -0.25) is 4.79 Å². The van der Waals surface area contributed by atoms with E-state index in [9.17, 15) is 4.79 Å². The van der Waals surface area contributed by atoms with Crippen LogP contribution in [0, 0.1) is 0 Å². The minimum absolute atomic E-state index is 0.0559. The first kappa shape index (κ1) is 9.40. The minimum atomic E-state index is 0.0559. The molecule has 0 atom stereocenters. The molecule has 1 aromatic heterocycles. The number of nitrogens with zero attached hydrogens (tertiary/aromatic N) is 1. The van der Waals surface area contributed by atoms with Gasteiger partial charge >= 0.3 is 0 Å². The average molecular weight is 193 g/mol. The quantitative estimate of drug-likeness (QED) is 0.729. The van der Waals surface area contributed by atoms with E-state index in [0.29, 0.717) is 6.54 Å². The van der Waals surface area contributed by atoms with Crippen molar-refractivity contribution in [3.05, 3.63) is 27.4 Å². The zero-order chi connectivity index (χ0) is 9.97. The standard InChI is InChI=1S/C10H15N3O/c1-2-11-6-9-12-8-5-3-4-7(8)10(14)13-9/h11H,2-6H2,1H3,(H,12,13,14). The number of fused-ring (bicyclic) bond motifs is 1. The number of aromatic amines is 1. The molecule has 0 unspecified atom stereocenters. The minimum Gasteiger partial charge on any atom is -0.310 e. The van der Waals surface area contributed by atoms with E-state index in [-0.39, 0.29) is 5.56 Å². The normalized spacial score (nSPS) is 14.4. The van der Waals surface area contributed by atoms with Crippen LogP contribution in [0.2, 0.25) is 0 Å². The summed E-state index contributed by atoms with van der Waals surface area (Å²) in [4.78, 5) is 18.8. The van der Waals surface area contributed by atoms with Crippen LogP contribution in [0.15, 0.2) is 4.79 Å². The van der Waals surface area contributed by atoms with Crippen molar-refractivity contribution in [1.29, 1.82) is 0 Å². The molecule has 4 heteroatoms. The number of hydrogen-bond acceptors (Lipinski definition) is 3. The van der Waals surface area contributed by atoms with Crippen molar-refractivity contribution in [2.75, 3.05) is 6.54 Å². The number of rotatable bonds is 3. The van der Waals surface area contributed by atoms with Crippen LogP contribution in [-0.2, 0) is 19.4 Å². The maximum absolute atomic E-state index is 11.6. The molecule has 0 saturated carbocycles. The van der Waals surface area contributed by atoms with Gasteiger partial charge in [0.15, 0.2) is 0 Å². The van der Waals surface area contributed by atoms with Crippen LogP contribution < -0.4 is 10.9 Å². The fourth-order valence-corrected chi connectivity index (χ4v) is 1.82. The summed E-state index contributed by atoms with van der Waals surface area (Å²) < 4.78 is 0. The molecule has 1 aliphatic carbocycles. The first-order chi connectivity index (χ1) is 6.81. The lowest BCUT2D eigenvalue weighted by atomic mass is 10.2. The second-order valence-corrected chi connectivity index (χ2v) is 3.57. The fraction of sp³-hybridized carbons (Fsp3) is 0.600. The maximum Gasteiger partial charge on any atom is 0.254 e. The molecular weight excluding hydrogens is 178 g/mol. The highest BCUT2D eigenvalue weighted by molar-refractivity contribution is 5.22. The van der Waals surface area contributed by atoms with Crippen LogP contribution in [0.3, 0.4) is 0 Å². The molecule has 2 N–H and O–H groups in total. The molecule has 2 rings (SSSR count). The van der Waals surface area contributed by atoms with Gasteiger partial charge in [-0.05, 0) is 25.8 Å². The lowest BCUT2D eigenvalue weighted by molar-refractivity contribution is 0.682. The van der Waals surface area contributed by atoms with E-state index in [1.807, 2.05) is 6.92 Å². The van der Waals surface area contributed by atoms with Crippen molar-refractivity contribution in [3.8, 4) is 0 Å². The first-order valence-electron chi connectivity index (χ1n) is 5.13. The van der Waals surface area contributed by atoms with Crippen LogP contribution in [0.1, 0.15) is 30.4 Å². The van der Waals surface area contributed by atoms with Crippen LogP contribution in [0.5, 0.6) is 0 Å². The molecule has 4 nitrogen and oxygen atoms in total. The molecule has 1 heterocycles. The molecule has 0 fully saturated rings. The zero-order valence-corrected chi connectivity index (χ0v) is 8.39. The van der Waals surface area contributed by atoms with Gasteiger partial charge in [0.2, 0.25) is 0 Å². The molecule has 0 spiro atoms. The number of hydrogen-bond donors (Lipinski definition) is 2. The summed E-state index contributed by atoms with van der Waals surface area (Å²) >= 11 is 0. The Morgan fingerprint density at radius 1 is 1.50 bits per heavy atom. The second-order valence-electron chi connectivity index (χ2n) is 3.57.